The Labute approximate surface area is 159 Å². The number of aromatic nitrogens is 1. The van der Waals surface area contributed by atoms with Crippen molar-refractivity contribution >= 4 is 21.6 Å². The lowest BCUT2D eigenvalue weighted by atomic mass is 10.2. The van der Waals surface area contributed by atoms with Gasteiger partial charge in [-0.1, -0.05) is 12.1 Å². The van der Waals surface area contributed by atoms with Crippen molar-refractivity contribution in [2.75, 3.05) is 24.4 Å². The Morgan fingerprint density at radius 1 is 1.19 bits per heavy atom. The molecule has 27 heavy (non-hydrogen) atoms. The molecule has 3 rings (SSSR count). The van der Waals surface area contributed by atoms with Crippen LogP contribution in [0.25, 0.3) is 0 Å². The van der Waals surface area contributed by atoms with Crippen LogP contribution in [0.2, 0.25) is 0 Å². The van der Waals surface area contributed by atoms with E-state index in [-0.39, 0.29) is 16.4 Å². The maximum Gasteiger partial charge on any atom is 0.264 e. The van der Waals surface area contributed by atoms with Crippen molar-refractivity contribution in [3.63, 3.8) is 0 Å². The Morgan fingerprint density at radius 2 is 1.85 bits per heavy atom. The van der Waals surface area contributed by atoms with Crippen LogP contribution in [0, 0.1) is 13.8 Å². The average Bonchev–Trinajstić information content (AvgIpc) is 3.24. The van der Waals surface area contributed by atoms with Gasteiger partial charge in [-0.2, -0.15) is 0 Å². The third-order valence-corrected chi connectivity index (χ3v) is 6.16. The summed E-state index contributed by atoms with van der Waals surface area (Å²) in [5.74, 6) is 0.203. The van der Waals surface area contributed by atoms with E-state index < -0.39 is 10.0 Å². The van der Waals surface area contributed by atoms with Crippen molar-refractivity contribution in [3.05, 3.63) is 41.2 Å². The fourth-order valence-corrected chi connectivity index (χ4v) is 4.98. The van der Waals surface area contributed by atoms with Crippen molar-refractivity contribution in [3.8, 4) is 5.75 Å². The first-order chi connectivity index (χ1) is 12.8. The number of amides is 1. The van der Waals surface area contributed by atoms with Gasteiger partial charge < -0.3 is 14.6 Å². The molecule has 0 radical (unpaired) electrons. The van der Waals surface area contributed by atoms with Gasteiger partial charge in [0.2, 0.25) is 0 Å². The number of anilines is 1. The van der Waals surface area contributed by atoms with Gasteiger partial charge in [-0.05, 0) is 45.7 Å². The van der Waals surface area contributed by atoms with E-state index in [1.807, 2.05) is 6.92 Å². The number of rotatable bonds is 6. The van der Waals surface area contributed by atoms with Crippen LogP contribution in [0.1, 0.15) is 41.5 Å². The summed E-state index contributed by atoms with van der Waals surface area (Å²) in [6, 6.07) is 6.84. The summed E-state index contributed by atoms with van der Waals surface area (Å²) in [5, 5.41) is 0. The van der Waals surface area contributed by atoms with Crippen LogP contribution < -0.4 is 9.46 Å². The highest BCUT2D eigenvalue weighted by atomic mass is 32.2. The lowest BCUT2D eigenvalue weighted by molar-refractivity contribution is 0.0788. The number of H-pyrrole nitrogens is 1. The zero-order valence-corrected chi connectivity index (χ0v) is 16.6. The van der Waals surface area contributed by atoms with Crippen LogP contribution in [-0.2, 0) is 10.0 Å². The van der Waals surface area contributed by atoms with E-state index >= 15 is 0 Å². The van der Waals surface area contributed by atoms with Gasteiger partial charge in [0.1, 0.15) is 10.6 Å². The number of hydrogen-bond acceptors (Lipinski definition) is 4. The molecule has 0 unspecified atom stereocenters. The second-order valence-corrected chi connectivity index (χ2v) is 8.23. The molecule has 0 atom stereocenters. The minimum absolute atomic E-state index is 0.00296. The number of aryl methyl sites for hydroxylation is 2. The van der Waals surface area contributed by atoms with Crippen molar-refractivity contribution in [2.45, 2.75) is 38.5 Å². The molecule has 2 aromatic rings. The number of sulfonamides is 1. The Morgan fingerprint density at radius 3 is 2.52 bits per heavy atom. The van der Waals surface area contributed by atoms with Gasteiger partial charge in [0, 0.05) is 24.5 Å². The lowest BCUT2D eigenvalue weighted by Gasteiger charge is -2.17. The monoisotopic (exact) mass is 391 g/mol. The zero-order chi connectivity index (χ0) is 19.6. The molecule has 1 aromatic carbocycles. The number of carbonyl (C=O) groups excluding carboxylic acids is 1. The highest BCUT2D eigenvalue weighted by Gasteiger charge is 2.32. The number of hydrogen-bond donors (Lipinski definition) is 2. The first-order valence-corrected chi connectivity index (χ1v) is 10.6. The summed E-state index contributed by atoms with van der Waals surface area (Å²) < 4.78 is 34.4. The molecule has 1 aromatic heterocycles. The maximum atomic E-state index is 13.2. The van der Waals surface area contributed by atoms with Crippen LogP contribution in [0.3, 0.4) is 0 Å². The fraction of sp³-hybridized carbons (Fsp3) is 0.421. The summed E-state index contributed by atoms with van der Waals surface area (Å²) in [6.07, 6.45) is 1.88. The van der Waals surface area contributed by atoms with Gasteiger partial charge >= 0.3 is 0 Å². The number of likely N-dealkylation sites (tertiary alicyclic amines) is 1. The molecule has 0 spiro atoms. The first kappa shape index (κ1) is 19.3. The summed E-state index contributed by atoms with van der Waals surface area (Å²) in [4.78, 5) is 17.7. The topological polar surface area (TPSA) is 91.5 Å². The van der Waals surface area contributed by atoms with Crippen LogP contribution in [0.4, 0.5) is 5.69 Å². The SMILES string of the molecule is CCOc1ccccc1NS(=O)(=O)c1c(C)[nH]c(C)c1C(=O)N1CCCC1. The third-order valence-electron chi connectivity index (χ3n) is 4.62. The van der Waals surface area contributed by atoms with E-state index in [1.165, 1.54) is 0 Å². The van der Waals surface area contributed by atoms with E-state index in [9.17, 15) is 13.2 Å². The number of carbonyl (C=O) groups is 1. The summed E-state index contributed by atoms with van der Waals surface area (Å²) in [6.45, 7) is 6.95. The zero-order valence-electron chi connectivity index (χ0n) is 15.8. The van der Waals surface area contributed by atoms with Gasteiger partial charge in [0.15, 0.2) is 0 Å². The summed E-state index contributed by atoms with van der Waals surface area (Å²) in [5.41, 5.74) is 1.56. The number of aromatic amines is 1. The van der Waals surface area contributed by atoms with E-state index in [0.29, 0.717) is 42.5 Å². The standard InChI is InChI=1S/C19H25N3O4S/c1-4-26-16-10-6-5-9-15(16)21-27(24,25)18-14(3)20-13(2)17(18)19(23)22-11-7-8-12-22/h5-6,9-10,20-21H,4,7-8,11-12H2,1-3H3. The Bertz CT molecular complexity index is 944. The Hall–Kier alpha value is -2.48. The molecular formula is C19H25N3O4S. The molecule has 0 bridgehead atoms. The molecule has 2 N–H and O–H groups in total. The highest BCUT2D eigenvalue weighted by molar-refractivity contribution is 7.92. The molecule has 7 nitrogen and oxygen atoms in total. The molecule has 146 valence electrons. The van der Waals surface area contributed by atoms with Gasteiger partial charge in [0.25, 0.3) is 15.9 Å². The molecule has 1 aliphatic heterocycles. The molecular weight excluding hydrogens is 366 g/mol. The molecule has 8 heteroatoms. The Balaban J connectivity index is 2.01. The number of ether oxygens (including phenoxy) is 1. The Kier molecular flexibility index (Phi) is 5.46. The minimum atomic E-state index is -3.98. The number of nitrogens with zero attached hydrogens (tertiary/aromatic N) is 1. The van der Waals surface area contributed by atoms with Crippen molar-refractivity contribution in [1.29, 1.82) is 0 Å². The van der Waals surface area contributed by atoms with Crippen LogP contribution in [-0.4, -0.2) is 43.9 Å². The van der Waals surface area contributed by atoms with Crippen molar-refractivity contribution < 1.29 is 17.9 Å². The lowest BCUT2D eigenvalue weighted by Crippen LogP contribution is -2.29. The molecule has 2 heterocycles. The van der Waals surface area contributed by atoms with E-state index in [1.54, 1.807) is 43.0 Å². The van der Waals surface area contributed by atoms with E-state index in [0.717, 1.165) is 12.8 Å². The van der Waals surface area contributed by atoms with Crippen molar-refractivity contribution in [1.82, 2.24) is 9.88 Å². The molecule has 1 aliphatic rings. The predicted molar refractivity (Wildman–Crippen MR) is 104 cm³/mol. The third kappa shape index (κ3) is 3.80. The van der Waals surface area contributed by atoms with E-state index in [4.69, 9.17) is 4.74 Å². The average molecular weight is 391 g/mol. The van der Waals surface area contributed by atoms with Gasteiger partial charge in [-0.25, -0.2) is 8.42 Å². The first-order valence-electron chi connectivity index (χ1n) is 9.08. The smallest absolute Gasteiger partial charge is 0.264 e. The van der Waals surface area contributed by atoms with Crippen LogP contribution in [0.15, 0.2) is 29.2 Å². The van der Waals surface area contributed by atoms with Crippen LogP contribution in [0.5, 0.6) is 5.75 Å². The summed E-state index contributed by atoms with van der Waals surface area (Å²) >= 11 is 0. The van der Waals surface area contributed by atoms with Gasteiger partial charge in [-0.3, -0.25) is 9.52 Å². The number of benzene rings is 1. The summed E-state index contributed by atoms with van der Waals surface area (Å²) in [7, 11) is -3.98. The molecule has 1 amide bonds. The second kappa shape index (κ2) is 7.64. The number of para-hydroxylation sites is 2. The molecule has 0 saturated carbocycles. The predicted octanol–water partition coefficient (Wildman–Crippen LogP) is 3.07. The van der Waals surface area contributed by atoms with Gasteiger partial charge in [0.05, 0.1) is 17.9 Å². The maximum absolute atomic E-state index is 13.2. The van der Waals surface area contributed by atoms with E-state index in [2.05, 4.69) is 9.71 Å². The normalized spacial score (nSPS) is 14.4. The largest absolute Gasteiger partial charge is 0.492 e. The molecule has 1 fully saturated rings. The van der Waals surface area contributed by atoms with Crippen molar-refractivity contribution in [2.24, 2.45) is 0 Å². The number of nitrogens with one attached hydrogen (secondary N) is 2. The fourth-order valence-electron chi connectivity index (χ4n) is 3.46. The molecule has 0 aliphatic carbocycles. The minimum Gasteiger partial charge on any atom is -0.492 e. The van der Waals surface area contributed by atoms with Gasteiger partial charge in [-0.15, -0.1) is 0 Å². The highest BCUT2D eigenvalue weighted by Crippen LogP contribution is 2.31. The molecule has 1 saturated heterocycles. The quantitative estimate of drug-likeness (QED) is 0.792. The second-order valence-electron chi connectivity index (χ2n) is 6.61. The van der Waals surface area contributed by atoms with Crippen LogP contribution >= 0.6 is 0 Å².